The quantitative estimate of drug-likeness (QED) is 0.845. The molecule has 0 radical (unpaired) electrons. The molecule has 1 saturated heterocycles. The third kappa shape index (κ3) is 4.46. The zero-order valence-electron chi connectivity index (χ0n) is 15.7. The molecule has 2 fully saturated rings. The van der Waals surface area contributed by atoms with E-state index in [1.807, 2.05) is 6.07 Å². The molecule has 6 heteroatoms. The van der Waals surface area contributed by atoms with Crippen LogP contribution >= 0.6 is 0 Å². The molecule has 2 aromatic rings. The van der Waals surface area contributed by atoms with Crippen LogP contribution in [-0.2, 0) is 0 Å². The highest BCUT2D eigenvalue weighted by atomic mass is 15.3. The van der Waals surface area contributed by atoms with Gasteiger partial charge in [-0.3, -0.25) is 4.90 Å². The molecular weight excluding hydrogens is 336 g/mol. The summed E-state index contributed by atoms with van der Waals surface area (Å²) in [5.74, 6) is 1.77. The van der Waals surface area contributed by atoms with Crippen LogP contribution in [0.3, 0.4) is 0 Å². The lowest BCUT2D eigenvalue weighted by Gasteiger charge is -2.36. The Morgan fingerprint density at radius 2 is 1.78 bits per heavy atom. The van der Waals surface area contributed by atoms with Crippen LogP contribution in [0.4, 0.5) is 11.8 Å². The summed E-state index contributed by atoms with van der Waals surface area (Å²) in [6.07, 6.45) is 6.42. The average molecular weight is 364 g/mol. The number of nitrogen functional groups attached to an aromatic ring is 1. The highest BCUT2D eigenvalue weighted by molar-refractivity contribution is 5.49. The molecule has 142 valence electrons. The number of anilines is 2. The molecule has 0 unspecified atom stereocenters. The molecule has 6 nitrogen and oxygen atoms in total. The first-order chi connectivity index (χ1) is 13.2. The molecule has 2 heterocycles. The lowest BCUT2D eigenvalue weighted by molar-refractivity contribution is 0.283. The van der Waals surface area contributed by atoms with Gasteiger partial charge in [-0.1, -0.05) is 42.5 Å². The second-order valence-corrected chi connectivity index (χ2v) is 7.54. The van der Waals surface area contributed by atoms with E-state index in [0.717, 1.165) is 57.1 Å². The van der Waals surface area contributed by atoms with Crippen LogP contribution in [0, 0.1) is 0 Å². The van der Waals surface area contributed by atoms with Crippen molar-refractivity contribution >= 4 is 17.8 Å². The SMILES string of the molecule is Nc1nc(C2CC(N)C2)cc(N2CCN(C/C=C/c3ccccc3)CC2)n1. The lowest BCUT2D eigenvalue weighted by atomic mass is 9.78. The van der Waals surface area contributed by atoms with Crippen molar-refractivity contribution in [3.8, 4) is 0 Å². The summed E-state index contributed by atoms with van der Waals surface area (Å²) in [4.78, 5) is 13.7. The summed E-state index contributed by atoms with van der Waals surface area (Å²) >= 11 is 0. The van der Waals surface area contributed by atoms with E-state index in [4.69, 9.17) is 11.5 Å². The molecule has 1 aromatic heterocycles. The van der Waals surface area contributed by atoms with Gasteiger partial charge in [-0.2, -0.15) is 4.98 Å². The van der Waals surface area contributed by atoms with Crippen LogP contribution in [0.5, 0.6) is 0 Å². The molecule has 27 heavy (non-hydrogen) atoms. The monoisotopic (exact) mass is 364 g/mol. The van der Waals surface area contributed by atoms with E-state index in [0.29, 0.717) is 17.9 Å². The zero-order valence-corrected chi connectivity index (χ0v) is 15.7. The fourth-order valence-corrected chi connectivity index (χ4v) is 3.81. The molecule has 1 aliphatic heterocycles. The fourth-order valence-electron chi connectivity index (χ4n) is 3.81. The third-order valence-corrected chi connectivity index (χ3v) is 5.51. The Morgan fingerprint density at radius 1 is 1.04 bits per heavy atom. The van der Waals surface area contributed by atoms with Crippen LogP contribution in [0.1, 0.15) is 30.0 Å². The Labute approximate surface area is 160 Å². The summed E-state index contributed by atoms with van der Waals surface area (Å²) in [6, 6.07) is 12.8. The largest absolute Gasteiger partial charge is 0.368 e. The number of nitrogens with zero attached hydrogens (tertiary/aromatic N) is 4. The second-order valence-electron chi connectivity index (χ2n) is 7.54. The molecule has 4 N–H and O–H groups in total. The van der Waals surface area contributed by atoms with E-state index in [1.54, 1.807) is 0 Å². The van der Waals surface area contributed by atoms with Crippen molar-refractivity contribution in [2.75, 3.05) is 43.4 Å². The summed E-state index contributed by atoms with van der Waals surface area (Å²) < 4.78 is 0. The summed E-state index contributed by atoms with van der Waals surface area (Å²) in [5, 5.41) is 0. The zero-order chi connectivity index (χ0) is 18.6. The van der Waals surface area contributed by atoms with E-state index in [2.05, 4.69) is 62.3 Å². The van der Waals surface area contributed by atoms with Gasteiger partial charge in [-0.05, 0) is 18.4 Å². The first-order valence-electron chi connectivity index (χ1n) is 9.76. The minimum absolute atomic E-state index is 0.308. The first-order valence-corrected chi connectivity index (χ1v) is 9.76. The third-order valence-electron chi connectivity index (χ3n) is 5.51. The number of hydrogen-bond acceptors (Lipinski definition) is 6. The van der Waals surface area contributed by atoms with Gasteiger partial charge in [0.25, 0.3) is 0 Å². The first kappa shape index (κ1) is 17.9. The predicted octanol–water partition coefficient (Wildman–Crippen LogP) is 2.10. The molecule has 0 atom stereocenters. The molecular formula is C21H28N6. The van der Waals surface area contributed by atoms with E-state index in [9.17, 15) is 0 Å². The smallest absolute Gasteiger partial charge is 0.222 e. The number of piperazine rings is 1. The minimum Gasteiger partial charge on any atom is -0.368 e. The number of aromatic nitrogens is 2. The van der Waals surface area contributed by atoms with Crippen molar-refractivity contribution in [3.63, 3.8) is 0 Å². The number of benzene rings is 1. The van der Waals surface area contributed by atoms with Crippen LogP contribution in [-0.4, -0.2) is 53.6 Å². The number of hydrogen-bond donors (Lipinski definition) is 2. The maximum atomic E-state index is 5.97. The molecule has 0 amide bonds. The van der Waals surface area contributed by atoms with Crippen LogP contribution in [0.25, 0.3) is 6.08 Å². The van der Waals surface area contributed by atoms with E-state index >= 15 is 0 Å². The van der Waals surface area contributed by atoms with Gasteiger partial charge in [0.1, 0.15) is 5.82 Å². The average Bonchev–Trinajstić information content (AvgIpc) is 2.66. The summed E-state index contributed by atoms with van der Waals surface area (Å²) in [7, 11) is 0. The summed E-state index contributed by atoms with van der Waals surface area (Å²) in [6.45, 7) is 4.93. The van der Waals surface area contributed by atoms with Crippen molar-refractivity contribution in [1.82, 2.24) is 14.9 Å². The molecule has 2 aliphatic rings. The topological polar surface area (TPSA) is 84.3 Å². The van der Waals surface area contributed by atoms with Gasteiger partial charge in [0.05, 0.1) is 5.69 Å². The Balaban J connectivity index is 1.32. The van der Waals surface area contributed by atoms with Gasteiger partial charge in [0.15, 0.2) is 0 Å². The molecule has 4 rings (SSSR count). The lowest BCUT2D eigenvalue weighted by Crippen LogP contribution is -2.46. The van der Waals surface area contributed by atoms with Gasteiger partial charge in [-0.15, -0.1) is 0 Å². The molecule has 0 spiro atoms. The summed E-state index contributed by atoms with van der Waals surface area (Å²) in [5.41, 5.74) is 14.2. The van der Waals surface area contributed by atoms with Crippen molar-refractivity contribution in [3.05, 3.63) is 53.7 Å². The molecule has 0 bridgehead atoms. The highest BCUT2D eigenvalue weighted by Gasteiger charge is 2.29. The Morgan fingerprint density at radius 3 is 2.48 bits per heavy atom. The van der Waals surface area contributed by atoms with Crippen LogP contribution in [0.15, 0.2) is 42.5 Å². The Kier molecular flexibility index (Phi) is 5.36. The van der Waals surface area contributed by atoms with E-state index in [-0.39, 0.29) is 0 Å². The number of nitrogens with two attached hydrogens (primary N) is 2. The van der Waals surface area contributed by atoms with Gasteiger partial charge in [-0.25, -0.2) is 4.98 Å². The van der Waals surface area contributed by atoms with Crippen molar-refractivity contribution < 1.29 is 0 Å². The van der Waals surface area contributed by atoms with E-state index in [1.165, 1.54) is 5.56 Å². The second kappa shape index (κ2) is 8.06. The Bertz CT molecular complexity index is 777. The van der Waals surface area contributed by atoms with Crippen molar-refractivity contribution in [1.29, 1.82) is 0 Å². The van der Waals surface area contributed by atoms with Gasteiger partial charge in [0.2, 0.25) is 5.95 Å². The standard InChI is InChI=1S/C21H28N6/c22-18-13-17(14-18)19-15-20(25-21(23)24-19)27-11-9-26(10-12-27)8-4-7-16-5-2-1-3-6-16/h1-7,15,17-18H,8-14,22H2,(H2,23,24,25)/b7-4+. The van der Waals surface area contributed by atoms with Gasteiger partial charge >= 0.3 is 0 Å². The van der Waals surface area contributed by atoms with Crippen LogP contribution in [0.2, 0.25) is 0 Å². The predicted molar refractivity (Wildman–Crippen MR) is 111 cm³/mol. The van der Waals surface area contributed by atoms with Gasteiger partial charge in [0, 0.05) is 50.7 Å². The molecule has 1 aromatic carbocycles. The van der Waals surface area contributed by atoms with E-state index < -0.39 is 0 Å². The Hall–Kier alpha value is -2.44. The van der Waals surface area contributed by atoms with Crippen molar-refractivity contribution in [2.24, 2.45) is 5.73 Å². The maximum absolute atomic E-state index is 5.97. The fraction of sp³-hybridized carbons (Fsp3) is 0.429. The molecule has 1 aliphatic carbocycles. The number of rotatable bonds is 5. The maximum Gasteiger partial charge on any atom is 0.222 e. The minimum atomic E-state index is 0.308. The van der Waals surface area contributed by atoms with Gasteiger partial charge < -0.3 is 16.4 Å². The highest BCUT2D eigenvalue weighted by Crippen LogP contribution is 2.35. The molecule has 1 saturated carbocycles. The normalized spacial score (nSPS) is 23.5. The van der Waals surface area contributed by atoms with Crippen LogP contribution < -0.4 is 16.4 Å². The van der Waals surface area contributed by atoms with Crippen molar-refractivity contribution in [2.45, 2.75) is 24.8 Å².